The number of carbonyl (C=O) groups excluding carboxylic acids is 1. The van der Waals surface area contributed by atoms with E-state index in [0.29, 0.717) is 18.5 Å². The molecule has 0 radical (unpaired) electrons. The second-order valence-corrected chi connectivity index (χ2v) is 8.13. The third-order valence-corrected chi connectivity index (χ3v) is 4.36. The molecule has 28 heavy (non-hydrogen) atoms. The first-order valence-electron chi connectivity index (χ1n) is 9.20. The fourth-order valence-electron chi connectivity index (χ4n) is 2.68. The fraction of sp³-hybridized carbons (Fsp3) is 0.550. The molecule has 0 aliphatic carbocycles. The van der Waals surface area contributed by atoms with Crippen molar-refractivity contribution in [3.8, 4) is 11.4 Å². The van der Waals surface area contributed by atoms with E-state index in [2.05, 4.69) is 14.7 Å². The van der Waals surface area contributed by atoms with Crippen molar-refractivity contribution in [3.63, 3.8) is 0 Å². The van der Waals surface area contributed by atoms with Gasteiger partial charge in [0.2, 0.25) is 11.7 Å². The van der Waals surface area contributed by atoms with Gasteiger partial charge >= 0.3 is 12.1 Å². The summed E-state index contributed by atoms with van der Waals surface area (Å²) in [6, 6.07) is 6.87. The van der Waals surface area contributed by atoms with Crippen molar-refractivity contribution in [2.24, 2.45) is 5.41 Å². The van der Waals surface area contributed by atoms with Gasteiger partial charge in [-0.05, 0) is 24.3 Å². The molecular formula is C20H26F3N3O2. The normalized spacial score (nSPS) is 13.4. The topological polar surface area (TPSA) is 59.2 Å². The molecule has 2 rings (SSSR count). The van der Waals surface area contributed by atoms with Crippen molar-refractivity contribution in [1.82, 2.24) is 15.0 Å². The minimum atomic E-state index is -4.67. The summed E-state index contributed by atoms with van der Waals surface area (Å²) < 4.78 is 42.0. The van der Waals surface area contributed by atoms with Crippen LogP contribution in [0.25, 0.3) is 11.4 Å². The molecule has 0 fully saturated rings. The molecule has 0 saturated carbocycles. The van der Waals surface area contributed by atoms with Crippen molar-refractivity contribution < 1.29 is 22.5 Å². The number of aromatic nitrogens is 2. The highest BCUT2D eigenvalue weighted by atomic mass is 19.4. The SMILES string of the molecule is CCC(C)N(Cc1ccc(-c2noc(C(F)(F)F)n2)cc1)C(=O)CC(C)(C)C. The zero-order chi connectivity index (χ0) is 21.1. The monoisotopic (exact) mass is 397 g/mol. The molecule has 0 aliphatic heterocycles. The Kier molecular flexibility index (Phi) is 6.52. The van der Waals surface area contributed by atoms with Crippen LogP contribution < -0.4 is 0 Å². The summed E-state index contributed by atoms with van der Waals surface area (Å²) in [6.45, 7) is 10.5. The van der Waals surface area contributed by atoms with Gasteiger partial charge in [-0.2, -0.15) is 18.2 Å². The molecule has 0 saturated heterocycles. The van der Waals surface area contributed by atoms with Crippen molar-refractivity contribution in [3.05, 3.63) is 35.7 Å². The predicted molar refractivity (Wildman–Crippen MR) is 99.1 cm³/mol. The Balaban J connectivity index is 2.16. The van der Waals surface area contributed by atoms with Gasteiger partial charge in [-0.15, -0.1) is 0 Å². The Labute approximate surface area is 162 Å². The molecule has 154 valence electrons. The largest absolute Gasteiger partial charge is 0.471 e. The van der Waals surface area contributed by atoms with E-state index in [1.165, 1.54) is 0 Å². The molecule has 1 aromatic heterocycles. The molecule has 1 unspecified atom stereocenters. The third-order valence-electron chi connectivity index (χ3n) is 4.36. The van der Waals surface area contributed by atoms with Crippen LogP contribution in [0.2, 0.25) is 0 Å². The van der Waals surface area contributed by atoms with Gasteiger partial charge in [-0.1, -0.05) is 57.1 Å². The molecule has 0 spiro atoms. The molecule has 0 N–H and O–H groups in total. The maximum atomic E-state index is 12.7. The van der Waals surface area contributed by atoms with E-state index in [9.17, 15) is 18.0 Å². The summed E-state index contributed by atoms with van der Waals surface area (Å²) in [7, 11) is 0. The highest BCUT2D eigenvalue weighted by Gasteiger charge is 2.38. The van der Waals surface area contributed by atoms with Gasteiger partial charge in [-0.3, -0.25) is 4.79 Å². The first-order valence-corrected chi connectivity index (χ1v) is 9.20. The van der Waals surface area contributed by atoms with E-state index in [1.807, 2.05) is 39.5 Å². The molecule has 5 nitrogen and oxygen atoms in total. The highest BCUT2D eigenvalue weighted by molar-refractivity contribution is 5.77. The van der Waals surface area contributed by atoms with E-state index >= 15 is 0 Å². The number of hydrogen-bond donors (Lipinski definition) is 0. The Hall–Kier alpha value is -2.38. The van der Waals surface area contributed by atoms with E-state index in [-0.39, 0.29) is 23.2 Å². The van der Waals surface area contributed by atoms with Gasteiger partial charge < -0.3 is 9.42 Å². The molecule has 0 bridgehead atoms. The molecule has 2 aromatic rings. The summed E-state index contributed by atoms with van der Waals surface area (Å²) in [4.78, 5) is 18.0. The first kappa shape index (κ1) is 21.9. The average molecular weight is 397 g/mol. The summed E-state index contributed by atoms with van der Waals surface area (Å²) in [5.74, 6) is -1.41. The summed E-state index contributed by atoms with van der Waals surface area (Å²) >= 11 is 0. The number of halogens is 3. The number of benzene rings is 1. The average Bonchev–Trinajstić information content (AvgIpc) is 3.08. The van der Waals surface area contributed by atoms with Gasteiger partial charge in [0.15, 0.2) is 0 Å². The van der Waals surface area contributed by atoms with Gasteiger partial charge in [0, 0.05) is 24.6 Å². The number of carbonyl (C=O) groups is 1. The number of alkyl halides is 3. The second kappa shape index (κ2) is 8.32. The van der Waals surface area contributed by atoms with E-state index in [0.717, 1.165) is 12.0 Å². The number of amides is 1. The lowest BCUT2D eigenvalue weighted by Gasteiger charge is -2.31. The molecule has 1 amide bonds. The molecule has 1 atom stereocenters. The van der Waals surface area contributed by atoms with Gasteiger partial charge in [0.05, 0.1) is 0 Å². The van der Waals surface area contributed by atoms with E-state index in [4.69, 9.17) is 0 Å². The Bertz CT molecular complexity index is 792. The fourth-order valence-corrected chi connectivity index (χ4v) is 2.68. The zero-order valence-electron chi connectivity index (χ0n) is 16.8. The highest BCUT2D eigenvalue weighted by Crippen LogP contribution is 2.29. The zero-order valence-corrected chi connectivity index (χ0v) is 16.8. The minimum absolute atomic E-state index is 0.0823. The Morgan fingerprint density at radius 1 is 1.18 bits per heavy atom. The Morgan fingerprint density at radius 3 is 2.25 bits per heavy atom. The van der Waals surface area contributed by atoms with Crippen molar-refractivity contribution in [2.75, 3.05) is 0 Å². The molecule has 1 heterocycles. The van der Waals surface area contributed by atoms with Gasteiger partial charge in [0.1, 0.15) is 0 Å². The summed E-state index contributed by atoms with van der Waals surface area (Å²) in [5, 5.41) is 3.38. The van der Waals surface area contributed by atoms with Crippen LogP contribution in [0.5, 0.6) is 0 Å². The van der Waals surface area contributed by atoms with Crippen LogP contribution in [0.3, 0.4) is 0 Å². The van der Waals surface area contributed by atoms with Crippen LogP contribution in [0, 0.1) is 5.41 Å². The molecule has 8 heteroatoms. The van der Waals surface area contributed by atoms with Crippen LogP contribution in [-0.2, 0) is 17.5 Å². The standard InChI is InChI=1S/C20H26F3N3O2/c1-6-13(2)26(16(27)11-19(3,4)5)12-14-7-9-15(10-8-14)17-24-18(28-25-17)20(21,22)23/h7-10,13H,6,11-12H2,1-5H3. The lowest BCUT2D eigenvalue weighted by Crippen LogP contribution is -2.39. The lowest BCUT2D eigenvalue weighted by molar-refractivity contribution is -0.159. The molecule has 0 aliphatic rings. The van der Waals surface area contributed by atoms with Crippen molar-refractivity contribution >= 4 is 5.91 Å². The lowest BCUT2D eigenvalue weighted by atomic mass is 9.91. The first-order chi connectivity index (χ1) is 12.9. The van der Waals surface area contributed by atoms with Crippen LogP contribution in [0.1, 0.15) is 58.9 Å². The number of hydrogen-bond acceptors (Lipinski definition) is 4. The minimum Gasteiger partial charge on any atom is -0.336 e. The van der Waals surface area contributed by atoms with E-state index in [1.54, 1.807) is 24.3 Å². The maximum absolute atomic E-state index is 12.7. The van der Waals surface area contributed by atoms with Gasteiger partial charge in [-0.25, -0.2) is 0 Å². The summed E-state index contributed by atoms with van der Waals surface area (Å²) in [5.41, 5.74) is 1.19. The predicted octanol–water partition coefficient (Wildman–Crippen LogP) is 5.32. The summed E-state index contributed by atoms with van der Waals surface area (Å²) in [6.07, 6.45) is -3.40. The smallest absolute Gasteiger partial charge is 0.336 e. The second-order valence-electron chi connectivity index (χ2n) is 8.13. The van der Waals surface area contributed by atoms with E-state index < -0.39 is 12.1 Å². The Morgan fingerprint density at radius 2 is 1.79 bits per heavy atom. The van der Waals surface area contributed by atoms with Crippen LogP contribution in [-0.4, -0.2) is 27.0 Å². The van der Waals surface area contributed by atoms with Crippen LogP contribution >= 0.6 is 0 Å². The van der Waals surface area contributed by atoms with Gasteiger partial charge in [0.25, 0.3) is 0 Å². The number of nitrogens with zero attached hydrogens (tertiary/aromatic N) is 3. The third kappa shape index (κ3) is 5.81. The number of rotatable bonds is 6. The van der Waals surface area contributed by atoms with Crippen molar-refractivity contribution in [1.29, 1.82) is 0 Å². The van der Waals surface area contributed by atoms with Crippen LogP contribution in [0.15, 0.2) is 28.8 Å². The molecular weight excluding hydrogens is 371 g/mol. The van der Waals surface area contributed by atoms with Crippen LogP contribution in [0.4, 0.5) is 13.2 Å². The maximum Gasteiger partial charge on any atom is 0.471 e. The molecule has 1 aromatic carbocycles. The van der Waals surface area contributed by atoms with Crippen molar-refractivity contribution in [2.45, 2.75) is 66.2 Å². The quantitative estimate of drug-likeness (QED) is 0.662.